The van der Waals surface area contributed by atoms with Gasteiger partial charge in [0.1, 0.15) is 0 Å². The molecule has 1 aromatic carbocycles. The van der Waals surface area contributed by atoms with E-state index in [1.807, 2.05) is 24.3 Å². The molecule has 1 aliphatic heterocycles. The number of anilines is 2. The van der Waals surface area contributed by atoms with Crippen molar-refractivity contribution in [2.24, 2.45) is 0 Å². The average molecular weight is 315 g/mol. The molecule has 1 saturated heterocycles. The van der Waals surface area contributed by atoms with Crippen molar-refractivity contribution >= 4 is 17.5 Å². The van der Waals surface area contributed by atoms with Gasteiger partial charge in [-0.25, -0.2) is 4.79 Å². The summed E-state index contributed by atoms with van der Waals surface area (Å²) in [5.41, 5.74) is 7.98. The summed E-state index contributed by atoms with van der Waals surface area (Å²) in [5, 5.41) is 7.78. The van der Waals surface area contributed by atoms with E-state index in [0.29, 0.717) is 0 Å². The lowest BCUT2D eigenvalue weighted by molar-refractivity contribution is 0.0520. The van der Waals surface area contributed by atoms with E-state index in [1.165, 1.54) is 29.6 Å². The standard InChI is InChI=1S/C16H21N5O2/c1-2-23-16(22)14-15(17)21(19-18-14)13-8-6-12(7-9-13)20-10-4-3-5-11-20/h6-9H,2-5,10-11,17H2,1H3. The highest BCUT2D eigenvalue weighted by atomic mass is 16.5. The zero-order chi connectivity index (χ0) is 16.2. The number of carbonyl (C=O) groups is 1. The van der Waals surface area contributed by atoms with Crippen LogP contribution in [0.4, 0.5) is 11.5 Å². The summed E-state index contributed by atoms with van der Waals surface area (Å²) in [6.07, 6.45) is 3.78. The van der Waals surface area contributed by atoms with Crippen molar-refractivity contribution in [3.8, 4) is 5.69 Å². The number of nitrogens with two attached hydrogens (primary N) is 1. The third-order valence-electron chi connectivity index (χ3n) is 3.99. The van der Waals surface area contributed by atoms with Gasteiger partial charge in [-0.3, -0.25) is 0 Å². The van der Waals surface area contributed by atoms with E-state index in [-0.39, 0.29) is 18.1 Å². The smallest absolute Gasteiger partial charge is 0.362 e. The predicted molar refractivity (Wildman–Crippen MR) is 87.8 cm³/mol. The molecule has 1 fully saturated rings. The molecular formula is C16H21N5O2. The van der Waals surface area contributed by atoms with E-state index in [1.54, 1.807) is 6.92 Å². The molecule has 2 aromatic rings. The number of ether oxygens (including phenoxy) is 1. The van der Waals surface area contributed by atoms with Crippen LogP contribution in [0.25, 0.3) is 5.69 Å². The third-order valence-corrected chi connectivity index (χ3v) is 3.99. The lowest BCUT2D eigenvalue weighted by Gasteiger charge is -2.28. The van der Waals surface area contributed by atoms with Gasteiger partial charge in [-0.15, -0.1) is 5.10 Å². The Morgan fingerprint density at radius 2 is 1.83 bits per heavy atom. The van der Waals surface area contributed by atoms with Crippen LogP contribution in [0.15, 0.2) is 24.3 Å². The molecule has 0 atom stereocenters. The number of piperidine rings is 1. The van der Waals surface area contributed by atoms with Crippen molar-refractivity contribution < 1.29 is 9.53 Å². The molecule has 0 radical (unpaired) electrons. The zero-order valence-corrected chi connectivity index (χ0v) is 13.2. The van der Waals surface area contributed by atoms with Gasteiger partial charge < -0.3 is 15.4 Å². The van der Waals surface area contributed by atoms with E-state index in [4.69, 9.17) is 10.5 Å². The summed E-state index contributed by atoms with van der Waals surface area (Å²) in [7, 11) is 0. The fourth-order valence-corrected chi connectivity index (χ4v) is 2.78. The Balaban J connectivity index is 1.81. The number of aromatic nitrogens is 3. The van der Waals surface area contributed by atoms with E-state index in [2.05, 4.69) is 15.2 Å². The quantitative estimate of drug-likeness (QED) is 0.869. The van der Waals surface area contributed by atoms with Gasteiger partial charge in [0.2, 0.25) is 5.69 Å². The van der Waals surface area contributed by atoms with Crippen molar-refractivity contribution in [3.05, 3.63) is 30.0 Å². The Morgan fingerprint density at radius 1 is 1.17 bits per heavy atom. The summed E-state index contributed by atoms with van der Waals surface area (Å²) < 4.78 is 6.37. The monoisotopic (exact) mass is 315 g/mol. The van der Waals surface area contributed by atoms with Gasteiger partial charge in [0, 0.05) is 18.8 Å². The molecule has 0 unspecified atom stereocenters. The van der Waals surface area contributed by atoms with Crippen LogP contribution in [0, 0.1) is 0 Å². The summed E-state index contributed by atoms with van der Waals surface area (Å²) in [5.74, 6) is -0.365. The van der Waals surface area contributed by atoms with Gasteiger partial charge in [0.05, 0.1) is 12.3 Å². The van der Waals surface area contributed by atoms with Crippen LogP contribution in [-0.2, 0) is 4.74 Å². The van der Waals surface area contributed by atoms with Crippen LogP contribution >= 0.6 is 0 Å². The first-order valence-corrected chi connectivity index (χ1v) is 7.94. The molecule has 2 N–H and O–H groups in total. The molecule has 122 valence electrons. The molecule has 0 aliphatic carbocycles. The molecule has 23 heavy (non-hydrogen) atoms. The Morgan fingerprint density at radius 3 is 2.48 bits per heavy atom. The van der Waals surface area contributed by atoms with Gasteiger partial charge in [0.25, 0.3) is 0 Å². The molecule has 0 amide bonds. The van der Waals surface area contributed by atoms with Crippen molar-refractivity contribution in [1.29, 1.82) is 0 Å². The number of rotatable bonds is 4. The number of hydrogen-bond donors (Lipinski definition) is 1. The molecule has 0 spiro atoms. The normalized spacial score (nSPS) is 14.7. The number of hydrogen-bond acceptors (Lipinski definition) is 6. The molecule has 1 aromatic heterocycles. The van der Waals surface area contributed by atoms with E-state index in [9.17, 15) is 4.79 Å². The van der Waals surface area contributed by atoms with E-state index in [0.717, 1.165) is 18.8 Å². The van der Waals surface area contributed by atoms with Crippen LogP contribution in [-0.4, -0.2) is 40.7 Å². The number of carbonyl (C=O) groups excluding carboxylic acids is 1. The predicted octanol–water partition coefficient (Wildman–Crippen LogP) is 2.02. The number of nitrogen functional groups attached to an aromatic ring is 1. The first-order valence-electron chi connectivity index (χ1n) is 7.94. The zero-order valence-electron chi connectivity index (χ0n) is 13.2. The summed E-state index contributed by atoms with van der Waals surface area (Å²) in [6, 6.07) is 7.96. The van der Waals surface area contributed by atoms with Gasteiger partial charge in [-0.2, -0.15) is 4.68 Å². The maximum absolute atomic E-state index is 11.7. The summed E-state index contributed by atoms with van der Waals surface area (Å²) >= 11 is 0. The fraction of sp³-hybridized carbons (Fsp3) is 0.438. The molecule has 2 heterocycles. The minimum absolute atomic E-state index is 0.0481. The lowest BCUT2D eigenvalue weighted by Crippen LogP contribution is -2.29. The first kappa shape index (κ1) is 15.3. The molecule has 0 bridgehead atoms. The maximum Gasteiger partial charge on any atom is 0.362 e. The highest BCUT2D eigenvalue weighted by molar-refractivity contribution is 5.92. The van der Waals surface area contributed by atoms with E-state index < -0.39 is 5.97 Å². The lowest BCUT2D eigenvalue weighted by atomic mass is 10.1. The van der Waals surface area contributed by atoms with Crippen molar-refractivity contribution in [2.45, 2.75) is 26.2 Å². The maximum atomic E-state index is 11.7. The number of esters is 1. The molecule has 3 rings (SSSR count). The molecule has 0 saturated carbocycles. The largest absolute Gasteiger partial charge is 0.461 e. The van der Waals surface area contributed by atoms with Gasteiger partial charge in [-0.05, 0) is 50.5 Å². The van der Waals surface area contributed by atoms with Gasteiger partial charge in [0.15, 0.2) is 5.82 Å². The Kier molecular flexibility index (Phi) is 4.45. The highest BCUT2D eigenvalue weighted by Gasteiger charge is 2.19. The van der Waals surface area contributed by atoms with Gasteiger partial charge >= 0.3 is 5.97 Å². The van der Waals surface area contributed by atoms with E-state index >= 15 is 0 Å². The summed E-state index contributed by atoms with van der Waals surface area (Å²) in [6.45, 7) is 4.20. The Bertz CT molecular complexity index is 674. The Hall–Kier alpha value is -2.57. The fourth-order valence-electron chi connectivity index (χ4n) is 2.78. The first-order chi connectivity index (χ1) is 11.2. The summed E-state index contributed by atoms with van der Waals surface area (Å²) in [4.78, 5) is 14.1. The van der Waals surface area contributed by atoms with Crippen LogP contribution in [0.5, 0.6) is 0 Å². The second kappa shape index (κ2) is 6.68. The van der Waals surface area contributed by atoms with Gasteiger partial charge in [-0.1, -0.05) is 5.21 Å². The SMILES string of the molecule is CCOC(=O)c1nnn(-c2ccc(N3CCCCC3)cc2)c1N. The Labute approximate surface area is 135 Å². The molecule has 7 heteroatoms. The van der Waals surface area contributed by atoms with Crippen LogP contribution < -0.4 is 10.6 Å². The molecule has 1 aliphatic rings. The van der Waals surface area contributed by atoms with Crippen LogP contribution in [0.1, 0.15) is 36.7 Å². The van der Waals surface area contributed by atoms with Crippen LogP contribution in [0.3, 0.4) is 0 Å². The average Bonchev–Trinajstić information content (AvgIpc) is 2.98. The number of nitrogens with zero attached hydrogens (tertiary/aromatic N) is 4. The topological polar surface area (TPSA) is 86.3 Å². The van der Waals surface area contributed by atoms with Crippen molar-refractivity contribution in [2.75, 3.05) is 30.3 Å². The second-order valence-corrected chi connectivity index (χ2v) is 5.52. The van der Waals surface area contributed by atoms with Crippen LogP contribution in [0.2, 0.25) is 0 Å². The highest BCUT2D eigenvalue weighted by Crippen LogP contribution is 2.22. The minimum atomic E-state index is -0.554. The minimum Gasteiger partial charge on any atom is -0.461 e. The number of benzene rings is 1. The molecule has 7 nitrogen and oxygen atoms in total. The van der Waals surface area contributed by atoms with Crippen molar-refractivity contribution in [3.63, 3.8) is 0 Å². The third kappa shape index (κ3) is 3.13. The molecular weight excluding hydrogens is 294 g/mol. The second-order valence-electron chi connectivity index (χ2n) is 5.52. The van der Waals surface area contributed by atoms with Crippen molar-refractivity contribution in [1.82, 2.24) is 15.0 Å².